The monoisotopic (exact) mass is 339 g/mol. The maximum absolute atomic E-state index is 12.2. The van der Waals surface area contributed by atoms with E-state index in [0.29, 0.717) is 12.2 Å². The van der Waals surface area contributed by atoms with Crippen molar-refractivity contribution in [1.82, 2.24) is 15.3 Å². The van der Waals surface area contributed by atoms with Crippen LogP contribution in [0.3, 0.4) is 0 Å². The molecule has 3 aromatic rings. The molecule has 122 valence electrons. The van der Waals surface area contributed by atoms with Gasteiger partial charge in [-0.05, 0) is 24.1 Å². The smallest absolute Gasteiger partial charge is 0.261 e. The summed E-state index contributed by atoms with van der Waals surface area (Å²) in [5.74, 6) is -0.401. The number of nitrogens with one attached hydrogen (secondary N) is 2. The number of amides is 1. The van der Waals surface area contributed by atoms with E-state index in [1.807, 2.05) is 42.6 Å². The van der Waals surface area contributed by atoms with Gasteiger partial charge >= 0.3 is 0 Å². The van der Waals surface area contributed by atoms with E-state index in [9.17, 15) is 9.59 Å². The highest BCUT2D eigenvalue weighted by atomic mass is 32.1. The standard InChI is InChI=1S/C18H17N3O2S/c1-2-16-20-13(11-24-16)10-19-17(22)14-8-9-15(21-18(14)23)12-6-4-3-5-7-12/h3-9,11H,2,10H2,1H3,(H,19,22)(H,21,23). The normalized spacial score (nSPS) is 10.5. The number of thiazole rings is 1. The first-order valence-electron chi connectivity index (χ1n) is 7.67. The van der Waals surface area contributed by atoms with Crippen LogP contribution < -0.4 is 10.9 Å². The maximum atomic E-state index is 12.2. The SMILES string of the molecule is CCc1nc(CNC(=O)c2ccc(-c3ccccc3)[nH]c2=O)cs1. The molecule has 0 atom stereocenters. The first-order valence-corrected chi connectivity index (χ1v) is 8.55. The number of benzene rings is 1. The number of carbonyl (C=O) groups excluding carboxylic acids is 1. The Morgan fingerprint density at radius 1 is 1.21 bits per heavy atom. The van der Waals surface area contributed by atoms with Gasteiger partial charge in [0.1, 0.15) is 5.56 Å². The van der Waals surface area contributed by atoms with Crippen molar-refractivity contribution in [3.63, 3.8) is 0 Å². The summed E-state index contributed by atoms with van der Waals surface area (Å²) in [6.07, 6.45) is 0.874. The summed E-state index contributed by atoms with van der Waals surface area (Å²) in [5.41, 5.74) is 2.09. The lowest BCUT2D eigenvalue weighted by atomic mass is 10.1. The van der Waals surface area contributed by atoms with Gasteiger partial charge in [0.2, 0.25) is 0 Å². The van der Waals surface area contributed by atoms with Crippen molar-refractivity contribution in [3.05, 3.63) is 74.5 Å². The molecule has 2 N–H and O–H groups in total. The first-order chi connectivity index (χ1) is 11.7. The Hall–Kier alpha value is -2.73. The molecule has 5 nitrogen and oxygen atoms in total. The van der Waals surface area contributed by atoms with Crippen LogP contribution in [0.25, 0.3) is 11.3 Å². The predicted molar refractivity (Wildman–Crippen MR) is 95.2 cm³/mol. The van der Waals surface area contributed by atoms with E-state index in [-0.39, 0.29) is 5.56 Å². The molecule has 0 saturated heterocycles. The molecule has 1 amide bonds. The average molecular weight is 339 g/mol. The molecule has 0 spiro atoms. The van der Waals surface area contributed by atoms with E-state index in [0.717, 1.165) is 22.7 Å². The molecule has 0 unspecified atom stereocenters. The number of hydrogen-bond acceptors (Lipinski definition) is 4. The molecule has 0 fully saturated rings. The lowest BCUT2D eigenvalue weighted by Gasteiger charge is -2.05. The Morgan fingerprint density at radius 2 is 2.00 bits per heavy atom. The fourth-order valence-corrected chi connectivity index (χ4v) is 3.04. The molecule has 0 bridgehead atoms. The van der Waals surface area contributed by atoms with E-state index in [4.69, 9.17) is 0 Å². The van der Waals surface area contributed by atoms with E-state index >= 15 is 0 Å². The second-order valence-corrected chi connectivity index (χ2v) is 6.19. The van der Waals surface area contributed by atoms with Crippen LogP contribution in [-0.4, -0.2) is 15.9 Å². The van der Waals surface area contributed by atoms with Crippen LogP contribution in [0.1, 0.15) is 28.0 Å². The van der Waals surface area contributed by atoms with Gasteiger partial charge < -0.3 is 10.3 Å². The minimum atomic E-state index is -0.402. The quantitative estimate of drug-likeness (QED) is 0.750. The summed E-state index contributed by atoms with van der Waals surface area (Å²) in [6, 6.07) is 12.8. The summed E-state index contributed by atoms with van der Waals surface area (Å²) in [7, 11) is 0. The van der Waals surface area contributed by atoms with Crippen LogP contribution in [0.5, 0.6) is 0 Å². The van der Waals surface area contributed by atoms with Crippen molar-refractivity contribution in [2.24, 2.45) is 0 Å². The van der Waals surface area contributed by atoms with E-state index in [1.54, 1.807) is 23.5 Å². The number of hydrogen-bond donors (Lipinski definition) is 2. The molecule has 0 aliphatic carbocycles. The zero-order valence-electron chi connectivity index (χ0n) is 13.2. The van der Waals surface area contributed by atoms with Gasteiger partial charge in [0.25, 0.3) is 11.5 Å². The molecule has 1 aromatic carbocycles. The van der Waals surface area contributed by atoms with Crippen molar-refractivity contribution in [2.45, 2.75) is 19.9 Å². The fourth-order valence-electron chi connectivity index (χ4n) is 2.30. The van der Waals surface area contributed by atoms with Gasteiger partial charge in [0.05, 0.1) is 17.2 Å². The van der Waals surface area contributed by atoms with E-state index in [2.05, 4.69) is 15.3 Å². The van der Waals surface area contributed by atoms with Gasteiger partial charge in [-0.25, -0.2) is 4.98 Å². The summed E-state index contributed by atoms with van der Waals surface area (Å²) in [4.78, 5) is 31.5. The molecule has 0 aliphatic heterocycles. The highest BCUT2D eigenvalue weighted by Crippen LogP contribution is 2.14. The summed E-state index contributed by atoms with van der Waals surface area (Å²) >= 11 is 1.57. The molecule has 24 heavy (non-hydrogen) atoms. The van der Waals surface area contributed by atoms with Crippen molar-refractivity contribution in [2.75, 3.05) is 0 Å². The second-order valence-electron chi connectivity index (χ2n) is 5.25. The minimum absolute atomic E-state index is 0.0978. The molecule has 6 heteroatoms. The molecular formula is C18H17N3O2S. The van der Waals surface area contributed by atoms with Crippen LogP contribution >= 0.6 is 11.3 Å². The van der Waals surface area contributed by atoms with Crippen molar-refractivity contribution in [1.29, 1.82) is 0 Å². The van der Waals surface area contributed by atoms with Gasteiger partial charge in [-0.2, -0.15) is 0 Å². The number of H-pyrrole nitrogens is 1. The number of aromatic nitrogens is 2. The van der Waals surface area contributed by atoms with Crippen LogP contribution in [-0.2, 0) is 13.0 Å². The lowest BCUT2D eigenvalue weighted by molar-refractivity contribution is 0.0949. The van der Waals surface area contributed by atoms with Crippen molar-refractivity contribution >= 4 is 17.2 Å². The number of aromatic amines is 1. The molecular weight excluding hydrogens is 322 g/mol. The number of aryl methyl sites for hydroxylation is 1. The highest BCUT2D eigenvalue weighted by molar-refractivity contribution is 7.09. The van der Waals surface area contributed by atoms with Crippen molar-refractivity contribution < 1.29 is 4.79 Å². The highest BCUT2D eigenvalue weighted by Gasteiger charge is 2.12. The predicted octanol–water partition coefficient (Wildman–Crippen LogP) is 2.99. The zero-order chi connectivity index (χ0) is 16.9. The van der Waals surface area contributed by atoms with Crippen LogP contribution in [0.4, 0.5) is 0 Å². The minimum Gasteiger partial charge on any atom is -0.346 e. The third kappa shape index (κ3) is 3.60. The fraction of sp³-hybridized carbons (Fsp3) is 0.167. The average Bonchev–Trinajstić information content (AvgIpc) is 3.08. The van der Waals surface area contributed by atoms with Crippen LogP contribution in [0.15, 0.2) is 52.6 Å². The third-order valence-electron chi connectivity index (χ3n) is 3.57. The zero-order valence-corrected chi connectivity index (χ0v) is 14.0. The maximum Gasteiger partial charge on any atom is 0.261 e. The van der Waals surface area contributed by atoms with E-state index in [1.165, 1.54) is 0 Å². The lowest BCUT2D eigenvalue weighted by Crippen LogP contribution is -2.29. The van der Waals surface area contributed by atoms with Gasteiger partial charge in [0, 0.05) is 11.1 Å². The Bertz CT molecular complexity index is 900. The number of pyridine rings is 1. The molecule has 2 aromatic heterocycles. The Labute approximate surface area is 143 Å². The Kier molecular flexibility index (Phi) is 4.86. The van der Waals surface area contributed by atoms with Crippen LogP contribution in [0, 0.1) is 0 Å². The Morgan fingerprint density at radius 3 is 2.67 bits per heavy atom. The topological polar surface area (TPSA) is 74.8 Å². The molecule has 2 heterocycles. The Balaban J connectivity index is 1.72. The van der Waals surface area contributed by atoms with E-state index < -0.39 is 11.5 Å². The number of carbonyl (C=O) groups is 1. The summed E-state index contributed by atoms with van der Waals surface area (Å²) in [6.45, 7) is 2.35. The molecule has 0 aliphatic rings. The van der Waals surface area contributed by atoms with Crippen LogP contribution in [0.2, 0.25) is 0 Å². The van der Waals surface area contributed by atoms with Crippen molar-refractivity contribution in [3.8, 4) is 11.3 Å². The van der Waals surface area contributed by atoms with Gasteiger partial charge in [-0.1, -0.05) is 37.3 Å². The van der Waals surface area contributed by atoms with Gasteiger partial charge in [-0.3, -0.25) is 9.59 Å². The summed E-state index contributed by atoms with van der Waals surface area (Å²) in [5, 5.41) is 5.69. The number of rotatable bonds is 5. The molecule has 0 saturated carbocycles. The first kappa shape index (κ1) is 16.1. The summed E-state index contributed by atoms with van der Waals surface area (Å²) < 4.78 is 0. The van der Waals surface area contributed by atoms with Gasteiger partial charge in [0.15, 0.2) is 0 Å². The number of nitrogens with zero attached hydrogens (tertiary/aromatic N) is 1. The molecule has 0 radical (unpaired) electrons. The van der Waals surface area contributed by atoms with Gasteiger partial charge in [-0.15, -0.1) is 11.3 Å². The third-order valence-corrected chi connectivity index (χ3v) is 4.61. The molecule has 3 rings (SSSR count). The second kappa shape index (κ2) is 7.23. The largest absolute Gasteiger partial charge is 0.346 e.